The molecule has 0 aromatic heterocycles. The van der Waals surface area contributed by atoms with Crippen LogP contribution in [-0.2, 0) is 9.53 Å². The molecular weight excluding hydrogens is 180 g/mol. The molecule has 0 aromatic rings. The zero-order valence-electron chi connectivity index (χ0n) is 9.17. The second-order valence-electron chi connectivity index (χ2n) is 3.93. The zero-order valence-corrected chi connectivity index (χ0v) is 9.17. The normalized spacial score (nSPS) is 25.8. The fourth-order valence-corrected chi connectivity index (χ4v) is 1.55. The van der Waals surface area contributed by atoms with Gasteiger partial charge in [-0.25, -0.2) is 0 Å². The van der Waals surface area contributed by atoms with Gasteiger partial charge >= 0.3 is 0 Å². The van der Waals surface area contributed by atoms with Gasteiger partial charge in [0.15, 0.2) is 0 Å². The zero-order chi connectivity index (χ0) is 10.6. The Kier molecular flexibility index (Phi) is 4.35. The van der Waals surface area contributed by atoms with Crippen LogP contribution in [-0.4, -0.2) is 38.3 Å². The van der Waals surface area contributed by atoms with Crippen molar-refractivity contribution < 1.29 is 9.53 Å². The standard InChI is InChI=1S/C10H20N2O2/c1-7(9-4-5-14-6-9)12-10(13)8(2)11-3/h7-9,11H,4-6H2,1-3H3,(H,12,13). The number of amides is 1. The third-order valence-electron chi connectivity index (χ3n) is 2.87. The van der Waals surface area contributed by atoms with Crippen molar-refractivity contribution in [3.05, 3.63) is 0 Å². The van der Waals surface area contributed by atoms with Crippen LogP contribution in [0.3, 0.4) is 0 Å². The van der Waals surface area contributed by atoms with Crippen LogP contribution in [0.15, 0.2) is 0 Å². The van der Waals surface area contributed by atoms with Crippen molar-refractivity contribution in [1.29, 1.82) is 0 Å². The Morgan fingerprint density at radius 3 is 2.71 bits per heavy atom. The fraction of sp³-hybridized carbons (Fsp3) is 0.900. The average Bonchev–Trinajstić information content (AvgIpc) is 2.69. The number of carbonyl (C=O) groups excluding carboxylic acids is 1. The van der Waals surface area contributed by atoms with Gasteiger partial charge in [0.25, 0.3) is 0 Å². The van der Waals surface area contributed by atoms with Crippen LogP contribution in [0.4, 0.5) is 0 Å². The van der Waals surface area contributed by atoms with Gasteiger partial charge in [-0.3, -0.25) is 4.79 Å². The summed E-state index contributed by atoms with van der Waals surface area (Å²) in [5.74, 6) is 0.537. The van der Waals surface area contributed by atoms with Gasteiger partial charge in [0.2, 0.25) is 5.91 Å². The first kappa shape index (κ1) is 11.5. The van der Waals surface area contributed by atoms with E-state index in [0.29, 0.717) is 5.92 Å². The predicted molar refractivity (Wildman–Crippen MR) is 55.1 cm³/mol. The molecule has 3 unspecified atom stereocenters. The van der Waals surface area contributed by atoms with Crippen LogP contribution in [0, 0.1) is 5.92 Å². The van der Waals surface area contributed by atoms with E-state index in [-0.39, 0.29) is 18.0 Å². The van der Waals surface area contributed by atoms with Gasteiger partial charge in [0.05, 0.1) is 12.6 Å². The molecule has 1 saturated heterocycles. The number of likely N-dealkylation sites (N-methyl/N-ethyl adjacent to an activating group) is 1. The van der Waals surface area contributed by atoms with Crippen molar-refractivity contribution in [3.8, 4) is 0 Å². The Balaban J connectivity index is 2.31. The van der Waals surface area contributed by atoms with E-state index >= 15 is 0 Å². The Morgan fingerprint density at radius 2 is 2.21 bits per heavy atom. The van der Waals surface area contributed by atoms with E-state index in [1.165, 1.54) is 0 Å². The van der Waals surface area contributed by atoms with Crippen molar-refractivity contribution in [2.24, 2.45) is 5.92 Å². The molecule has 1 aliphatic heterocycles. The van der Waals surface area contributed by atoms with Crippen molar-refractivity contribution in [2.75, 3.05) is 20.3 Å². The molecule has 14 heavy (non-hydrogen) atoms. The lowest BCUT2D eigenvalue weighted by Crippen LogP contribution is -2.46. The van der Waals surface area contributed by atoms with Crippen molar-refractivity contribution in [3.63, 3.8) is 0 Å². The Bertz CT molecular complexity index is 191. The van der Waals surface area contributed by atoms with E-state index in [1.807, 2.05) is 13.8 Å². The predicted octanol–water partition coefficient (Wildman–Crippen LogP) is 0.135. The van der Waals surface area contributed by atoms with E-state index < -0.39 is 0 Å². The first-order chi connectivity index (χ1) is 6.65. The Morgan fingerprint density at radius 1 is 1.50 bits per heavy atom. The van der Waals surface area contributed by atoms with Crippen molar-refractivity contribution in [1.82, 2.24) is 10.6 Å². The second kappa shape index (κ2) is 5.32. The second-order valence-corrected chi connectivity index (χ2v) is 3.93. The van der Waals surface area contributed by atoms with Gasteiger partial charge < -0.3 is 15.4 Å². The largest absolute Gasteiger partial charge is 0.381 e. The van der Waals surface area contributed by atoms with Gasteiger partial charge in [-0.15, -0.1) is 0 Å². The van der Waals surface area contributed by atoms with Crippen molar-refractivity contribution in [2.45, 2.75) is 32.4 Å². The number of carbonyl (C=O) groups is 1. The first-order valence-electron chi connectivity index (χ1n) is 5.20. The third-order valence-corrected chi connectivity index (χ3v) is 2.87. The Labute approximate surface area is 85.4 Å². The molecular formula is C10H20N2O2. The van der Waals surface area contributed by atoms with Gasteiger partial charge in [-0.2, -0.15) is 0 Å². The molecule has 2 N–H and O–H groups in total. The summed E-state index contributed by atoms with van der Waals surface area (Å²) in [5.41, 5.74) is 0. The molecule has 1 aliphatic rings. The summed E-state index contributed by atoms with van der Waals surface area (Å²) in [6, 6.07) is 0.0839. The molecule has 0 radical (unpaired) electrons. The third kappa shape index (κ3) is 2.96. The van der Waals surface area contributed by atoms with E-state index in [4.69, 9.17) is 4.74 Å². The highest BCUT2D eigenvalue weighted by molar-refractivity contribution is 5.81. The average molecular weight is 200 g/mol. The number of rotatable bonds is 4. The highest BCUT2D eigenvalue weighted by Crippen LogP contribution is 2.16. The summed E-state index contributed by atoms with van der Waals surface area (Å²) in [6.45, 7) is 5.49. The minimum Gasteiger partial charge on any atom is -0.381 e. The summed E-state index contributed by atoms with van der Waals surface area (Å²) in [5, 5.41) is 5.91. The van der Waals surface area contributed by atoms with Crippen LogP contribution >= 0.6 is 0 Å². The molecule has 1 rings (SSSR count). The van der Waals surface area contributed by atoms with Crippen LogP contribution in [0.5, 0.6) is 0 Å². The topological polar surface area (TPSA) is 50.4 Å². The lowest BCUT2D eigenvalue weighted by Gasteiger charge is -2.21. The van der Waals surface area contributed by atoms with Crippen molar-refractivity contribution >= 4 is 5.91 Å². The molecule has 1 fully saturated rings. The molecule has 0 spiro atoms. The first-order valence-corrected chi connectivity index (χ1v) is 5.20. The fourth-order valence-electron chi connectivity index (χ4n) is 1.55. The van der Waals surface area contributed by atoms with Gasteiger partial charge in [-0.1, -0.05) is 0 Å². The number of hydrogen-bond acceptors (Lipinski definition) is 3. The van der Waals surface area contributed by atoms with Crippen LogP contribution in [0.1, 0.15) is 20.3 Å². The minimum absolute atomic E-state index is 0.0619. The summed E-state index contributed by atoms with van der Waals surface area (Å²) in [6.07, 6.45) is 1.05. The summed E-state index contributed by atoms with van der Waals surface area (Å²) in [4.78, 5) is 11.5. The maximum Gasteiger partial charge on any atom is 0.237 e. The maximum absolute atomic E-state index is 11.5. The van der Waals surface area contributed by atoms with Crippen LogP contribution < -0.4 is 10.6 Å². The van der Waals surface area contributed by atoms with Gasteiger partial charge in [0, 0.05) is 18.6 Å². The molecule has 4 heteroatoms. The highest BCUT2D eigenvalue weighted by atomic mass is 16.5. The van der Waals surface area contributed by atoms with E-state index in [2.05, 4.69) is 10.6 Å². The monoisotopic (exact) mass is 200 g/mol. The highest BCUT2D eigenvalue weighted by Gasteiger charge is 2.24. The smallest absolute Gasteiger partial charge is 0.237 e. The van der Waals surface area contributed by atoms with Crippen LogP contribution in [0.25, 0.3) is 0 Å². The van der Waals surface area contributed by atoms with E-state index in [0.717, 1.165) is 19.6 Å². The molecule has 0 bridgehead atoms. The number of nitrogens with one attached hydrogen (secondary N) is 2. The lowest BCUT2D eigenvalue weighted by molar-refractivity contribution is -0.123. The van der Waals surface area contributed by atoms with E-state index in [9.17, 15) is 4.79 Å². The van der Waals surface area contributed by atoms with Crippen LogP contribution in [0.2, 0.25) is 0 Å². The summed E-state index contributed by atoms with van der Waals surface area (Å²) < 4.78 is 5.28. The minimum atomic E-state index is -0.125. The molecule has 4 nitrogen and oxygen atoms in total. The molecule has 0 aromatic carbocycles. The number of ether oxygens (including phenoxy) is 1. The molecule has 82 valence electrons. The van der Waals surface area contributed by atoms with Gasteiger partial charge in [0.1, 0.15) is 0 Å². The molecule has 0 saturated carbocycles. The molecule has 1 amide bonds. The van der Waals surface area contributed by atoms with Gasteiger partial charge in [-0.05, 0) is 27.3 Å². The quantitative estimate of drug-likeness (QED) is 0.678. The summed E-state index contributed by atoms with van der Waals surface area (Å²) >= 11 is 0. The SMILES string of the molecule is CNC(C)C(=O)NC(C)C1CCOC1. The lowest BCUT2D eigenvalue weighted by atomic mass is 10.0. The van der Waals surface area contributed by atoms with E-state index in [1.54, 1.807) is 7.05 Å². The molecule has 3 atom stereocenters. The summed E-state index contributed by atoms with van der Waals surface area (Å²) in [7, 11) is 1.79. The molecule has 0 aliphatic carbocycles. The number of hydrogen-bond donors (Lipinski definition) is 2. The Hall–Kier alpha value is -0.610. The maximum atomic E-state index is 11.5. The molecule has 1 heterocycles.